The highest BCUT2D eigenvalue weighted by atomic mass is 16.5. The van der Waals surface area contributed by atoms with Gasteiger partial charge < -0.3 is 14.8 Å². The average Bonchev–Trinajstić information content (AvgIpc) is 3.11. The van der Waals surface area contributed by atoms with Crippen LogP contribution < -0.4 is 10.1 Å². The second-order valence-corrected chi connectivity index (χ2v) is 5.82. The van der Waals surface area contributed by atoms with Crippen molar-refractivity contribution >= 4 is 5.91 Å². The molecule has 1 fully saturated rings. The predicted octanol–water partition coefficient (Wildman–Crippen LogP) is 1.48. The van der Waals surface area contributed by atoms with Gasteiger partial charge in [0.25, 0.3) is 0 Å². The Hall–Kier alpha value is -2.41. The van der Waals surface area contributed by atoms with Crippen LogP contribution in [0.5, 0.6) is 5.88 Å². The van der Waals surface area contributed by atoms with Gasteiger partial charge in [0, 0.05) is 31.5 Å². The summed E-state index contributed by atoms with van der Waals surface area (Å²) < 4.78 is 11.4. The van der Waals surface area contributed by atoms with E-state index in [1.807, 2.05) is 18.3 Å². The fourth-order valence-corrected chi connectivity index (χ4v) is 2.71. The Labute approximate surface area is 140 Å². The number of ether oxygens (including phenoxy) is 2. The number of hydrogen-bond acceptors (Lipinski definition) is 5. The van der Waals surface area contributed by atoms with Crippen LogP contribution in [0.3, 0.4) is 0 Å². The quantitative estimate of drug-likeness (QED) is 0.803. The van der Waals surface area contributed by atoms with Gasteiger partial charge in [0.05, 0.1) is 18.8 Å². The molecule has 0 unspecified atom stereocenters. The van der Waals surface area contributed by atoms with Gasteiger partial charge in [-0.2, -0.15) is 5.10 Å². The normalized spacial score (nSPS) is 20.5. The zero-order valence-corrected chi connectivity index (χ0v) is 13.5. The molecular weight excluding hydrogens is 308 g/mol. The molecule has 1 amide bonds. The van der Waals surface area contributed by atoms with Crippen LogP contribution >= 0.6 is 0 Å². The summed E-state index contributed by atoms with van der Waals surface area (Å²) in [6, 6.07) is 5.46. The Bertz CT molecular complexity index is 618. The number of rotatable bonds is 7. The minimum atomic E-state index is -0.216. The minimum absolute atomic E-state index is 0.0417. The van der Waals surface area contributed by atoms with Gasteiger partial charge in [-0.1, -0.05) is 6.07 Å². The Morgan fingerprint density at radius 2 is 2.42 bits per heavy atom. The van der Waals surface area contributed by atoms with Crippen molar-refractivity contribution in [3.8, 4) is 5.88 Å². The highest BCUT2D eigenvalue weighted by molar-refractivity contribution is 5.76. The molecule has 2 aromatic rings. The fraction of sp³-hybridized carbons (Fsp3) is 0.471. The summed E-state index contributed by atoms with van der Waals surface area (Å²) in [5.74, 6) is 0.590. The molecule has 2 N–H and O–H groups in total. The van der Waals surface area contributed by atoms with E-state index in [1.54, 1.807) is 18.5 Å². The van der Waals surface area contributed by atoms with Crippen LogP contribution in [0.15, 0.2) is 36.8 Å². The van der Waals surface area contributed by atoms with E-state index >= 15 is 0 Å². The van der Waals surface area contributed by atoms with Crippen LogP contribution in [0.1, 0.15) is 24.8 Å². The van der Waals surface area contributed by atoms with Crippen LogP contribution in [0.4, 0.5) is 0 Å². The number of H-pyrrole nitrogens is 1. The van der Waals surface area contributed by atoms with Crippen molar-refractivity contribution in [2.45, 2.75) is 37.8 Å². The highest BCUT2D eigenvalue weighted by Crippen LogP contribution is 2.15. The van der Waals surface area contributed by atoms with E-state index in [-0.39, 0.29) is 18.1 Å². The molecule has 3 rings (SSSR count). The van der Waals surface area contributed by atoms with E-state index in [4.69, 9.17) is 9.47 Å². The molecule has 0 aromatic carbocycles. The molecule has 3 heterocycles. The lowest BCUT2D eigenvalue weighted by Gasteiger charge is -2.32. The molecule has 1 aliphatic heterocycles. The lowest BCUT2D eigenvalue weighted by atomic mass is 10.1. The summed E-state index contributed by atoms with van der Waals surface area (Å²) in [4.78, 5) is 16.4. The second kappa shape index (κ2) is 8.44. The SMILES string of the molecule is O=C(CCCc1cn[nH]c1)N[C@@H]1CCOC[C@H]1Oc1ccccn1. The number of carbonyl (C=O) groups excluding carboxylic acids is 1. The number of aromatic nitrogens is 3. The molecule has 1 saturated heterocycles. The lowest BCUT2D eigenvalue weighted by molar-refractivity contribution is -0.124. The lowest BCUT2D eigenvalue weighted by Crippen LogP contribution is -2.51. The van der Waals surface area contributed by atoms with Gasteiger partial charge >= 0.3 is 0 Å². The van der Waals surface area contributed by atoms with Crippen molar-refractivity contribution in [3.05, 3.63) is 42.4 Å². The molecule has 7 nitrogen and oxygen atoms in total. The molecule has 0 bridgehead atoms. The summed E-state index contributed by atoms with van der Waals surface area (Å²) in [6.07, 6.45) is 7.96. The van der Waals surface area contributed by atoms with Crippen LogP contribution in [-0.2, 0) is 16.0 Å². The number of nitrogens with one attached hydrogen (secondary N) is 2. The van der Waals surface area contributed by atoms with Crippen LogP contribution in [-0.4, -0.2) is 46.4 Å². The number of aromatic amines is 1. The maximum Gasteiger partial charge on any atom is 0.220 e. The molecule has 0 aliphatic carbocycles. The van der Waals surface area contributed by atoms with Crippen LogP contribution in [0.25, 0.3) is 0 Å². The Balaban J connectivity index is 1.47. The monoisotopic (exact) mass is 330 g/mol. The van der Waals surface area contributed by atoms with Crippen molar-refractivity contribution in [2.75, 3.05) is 13.2 Å². The number of amides is 1. The molecule has 0 spiro atoms. The summed E-state index contributed by atoms with van der Waals surface area (Å²) in [7, 11) is 0. The highest BCUT2D eigenvalue weighted by Gasteiger charge is 2.29. The number of aryl methyl sites for hydroxylation is 1. The van der Waals surface area contributed by atoms with Crippen LogP contribution in [0.2, 0.25) is 0 Å². The van der Waals surface area contributed by atoms with Gasteiger partial charge in [-0.15, -0.1) is 0 Å². The molecular formula is C17H22N4O3. The standard InChI is InChI=1S/C17H22N4O3/c22-16(5-3-4-13-10-19-20-11-13)21-14-7-9-23-12-15(14)24-17-6-1-2-8-18-17/h1-2,6,8,10-11,14-15H,3-5,7,9,12H2,(H,19,20)(H,21,22)/t14-,15-/m1/s1. The molecule has 1 aliphatic rings. The molecule has 7 heteroatoms. The van der Waals surface area contributed by atoms with E-state index in [2.05, 4.69) is 20.5 Å². The van der Waals surface area contributed by atoms with Gasteiger partial charge in [0.15, 0.2) is 0 Å². The Morgan fingerprint density at radius 1 is 1.46 bits per heavy atom. The van der Waals surface area contributed by atoms with Crippen molar-refractivity contribution in [1.29, 1.82) is 0 Å². The molecule has 0 saturated carbocycles. The zero-order valence-electron chi connectivity index (χ0n) is 13.5. The maximum absolute atomic E-state index is 12.2. The number of nitrogens with zero attached hydrogens (tertiary/aromatic N) is 2. The third-order valence-electron chi connectivity index (χ3n) is 3.98. The first-order chi connectivity index (χ1) is 11.8. The summed E-state index contributed by atoms with van der Waals surface area (Å²) in [6.45, 7) is 1.08. The minimum Gasteiger partial charge on any atom is -0.470 e. The third-order valence-corrected chi connectivity index (χ3v) is 3.98. The van der Waals surface area contributed by atoms with Crippen LogP contribution in [0, 0.1) is 0 Å². The van der Waals surface area contributed by atoms with Gasteiger partial charge in [-0.25, -0.2) is 4.98 Å². The molecule has 2 atom stereocenters. The Morgan fingerprint density at radius 3 is 3.21 bits per heavy atom. The van der Waals surface area contributed by atoms with Gasteiger partial charge in [0.1, 0.15) is 6.10 Å². The van der Waals surface area contributed by atoms with E-state index in [0.717, 1.165) is 24.8 Å². The first-order valence-electron chi connectivity index (χ1n) is 8.24. The van der Waals surface area contributed by atoms with Crippen molar-refractivity contribution in [3.63, 3.8) is 0 Å². The molecule has 0 radical (unpaired) electrons. The first-order valence-corrected chi connectivity index (χ1v) is 8.24. The topological polar surface area (TPSA) is 89.1 Å². The van der Waals surface area contributed by atoms with Gasteiger partial charge in [-0.05, 0) is 30.9 Å². The van der Waals surface area contributed by atoms with Crippen molar-refractivity contribution in [2.24, 2.45) is 0 Å². The number of pyridine rings is 1. The fourth-order valence-electron chi connectivity index (χ4n) is 2.71. The second-order valence-electron chi connectivity index (χ2n) is 5.82. The van der Waals surface area contributed by atoms with E-state index in [1.165, 1.54) is 0 Å². The largest absolute Gasteiger partial charge is 0.470 e. The van der Waals surface area contributed by atoms with Gasteiger partial charge in [0.2, 0.25) is 11.8 Å². The Kier molecular flexibility index (Phi) is 5.79. The van der Waals surface area contributed by atoms with E-state index in [0.29, 0.717) is 25.5 Å². The summed E-state index contributed by atoms with van der Waals surface area (Å²) in [5, 5.41) is 9.75. The summed E-state index contributed by atoms with van der Waals surface area (Å²) in [5.41, 5.74) is 1.12. The first kappa shape index (κ1) is 16.4. The van der Waals surface area contributed by atoms with Gasteiger partial charge in [-0.3, -0.25) is 9.89 Å². The van der Waals surface area contributed by atoms with Crippen molar-refractivity contribution in [1.82, 2.24) is 20.5 Å². The molecule has 128 valence electrons. The number of hydrogen-bond donors (Lipinski definition) is 2. The van der Waals surface area contributed by atoms with Crippen molar-refractivity contribution < 1.29 is 14.3 Å². The third kappa shape index (κ3) is 4.79. The van der Waals surface area contributed by atoms with E-state index in [9.17, 15) is 4.79 Å². The molecule has 24 heavy (non-hydrogen) atoms. The predicted molar refractivity (Wildman–Crippen MR) is 87.5 cm³/mol. The maximum atomic E-state index is 12.2. The molecule has 2 aromatic heterocycles. The van der Waals surface area contributed by atoms with E-state index < -0.39 is 0 Å². The summed E-state index contributed by atoms with van der Waals surface area (Å²) >= 11 is 0. The zero-order chi connectivity index (χ0) is 16.6. The smallest absolute Gasteiger partial charge is 0.220 e. The number of carbonyl (C=O) groups is 1. The average molecular weight is 330 g/mol.